The maximum absolute atomic E-state index is 4.74. The van der Waals surface area contributed by atoms with Gasteiger partial charge in [0.25, 0.3) is 0 Å². The molecule has 0 fully saturated rings. The molecule has 0 saturated carbocycles. The number of aliphatic imine (C=N–C) groups is 1. The molecule has 0 saturated heterocycles. The van der Waals surface area contributed by atoms with Crippen LogP contribution in [-0.4, -0.2) is 11.8 Å². The van der Waals surface area contributed by atoms with E-state index in [1.807, 2.05) is 6.21 Å². The second-order valence-electron chi connectivity index (χ2n) is 6.99. The first kappa shape index (κ1) is 17.6. The lowest BCUT2D eigenvalue weighted by Gasteiger charge is -2.21. The zero-order chi connectivity index (χ0) is 17.7. The molecule has 0 aliphatic heterocycles. The van der Waals surface area contributed by atoms with Crippen molar-refractivity contribution in [1.82, 2.24) is 0 Å². The summed E-state index contributed by atoms with van der Waals surface area (Å²) in [4.78, 5) is 4.74. The van der Waals surface area contributed by atoms with Crippen LogP contribution in [0, 0.1) is 0 Å². The molecule has 0 atom stereocenters. The molecular formula is C23H24NP. The van der Waals surface area contributed by atoms with E-state index in [-0.39, 0.29) is 5.54 Å². The second kappa shape index (κ2) is 7.76. The topological polar surface area (TPSA) is 12.4 Å². The molecule has 25 heavy (non-hydrogen) atoms. The lowest BCUT2D eigenvalue weighted by Crippen LogP contribution is -2.23. The minimum absolute atomic E-state index is 0.0740. The fraction of sp³-hybridized carbons (Fsp3) is 0.174. The highest BCUT2D eigenvalue weighted by molar-refractivity contribution is 7.80. The van der Waals surface area contributed by atoms with Crippen LogP contribution in [-0.2, 0) is 0 Å². The van der Waals surface area contributed by atoms with Crippen molar-refractivity contribution in [2.45, 2.75) is 26.3 Å². The zero-order valence-electron chi connectivity index (χ0n) is 15.1. The van der Waals surface area contributed by atoms with E-state index in [0.717, 1.165) is 0 Å². The molecule has 126 valence electrons. The average molecular weight is 345 g/mol. The molecule has 0 N–H and O–H groups in total. The molecule has 0 heterocycles. The lowest BCUT2D eigenvalue weighted by atomic mass is 10.1. The molecule has 1 nitrogen and oxygen atoms in total. The van der Waals surface area contributed by atoms with Gasteiger partial charge >= 0.3 is 0 Å². The monoisotopic (exact) mass is 345 g/mol. The summed E-state index contributed by atoms with van der Waals surface area (Å²) in [5, 5.41) is 4.07. The van der Waals surface area contributed by atoms with Crippen LogP contribution >= 0.6 is 7.92 Å². The van der Waals surface area contributed by atoms with Crippen molar-refractivity contribution in [1.29, 1.82) is 0 Å². The summed E-state index contributed by atoms with van der Waals surface area (Å²) in [5.74, 6) is 0. The number of benzene rings is 3. The standard InChI is InChI=1S/C23H24NP/c1-23(2,3)24-18-19-12-10-11-17-22(19)25(20-13-6-4-7-14-20)21-15-8-5-9-16-21/h4-18H,1-3H3. The van der Waals surface area contributed by atoms with Crippen molar-refractivity contribution in [3.63, 3.8) is 0 Å². The summed E-state index contributed by atoms with van der Waals surface area (Å²) in [7, 11) is -0.605. The first-order chi connectivity index (χ1) is 12.0. The van der Waals surface area contributed by atoms with E-state index >= 15 is 0 Å². The number of hydrogen-bond donors (Lipinski definition) is 0. The molecule has 3 rings (SSSR count). The molecule has 2 heteroatoms. The van der Waals surface area contributed by atoms with Gasteiger partial charge in [-0.05, 0) is 44.6 Å². The molecule has 3 aromatic carbocycles. The van der Waals surface area contributed by atoms with Crippen molar-refractivity contribution in [2.75, 3.05) is 0 Å². The van der Waals surface area contributed by atoms with E-state index in [2.05, 4.69) is 106 Å². The fourth-order valence-corrected chi connectivity index (χ4v) is 5.07. The van der Waals surface area contributed by atoms with Gasteiger partial charge in [-0.1, -0.05) is 84.9 Å². The summed E-state index contributed by atoms with van der Waals surface area (Å²) in [6, 6.07) is 30.2. The minimum Gasteiger partial charge on any atom is -0.287 e. The predicted molar refractivity (Wildman–Crippen MR) is 112 cm³/mol. The highest BCUT2D eigenvalue weighted by atomic mass is 31.1. The van der Waals surface area contributed by atoms with Gasteiger partial charge in [0.2, 0.25) is 0 Å². The maximum atomic E-state index is 4.74. The number of nitrogens with zero attached hydrogens (tertiary/aromatic N) is 1. The van der Waals surface area contributed by atoms with Gasteiger partial charge in [0.15, 0.2) is 0 Å². The van der Waals surface area contributed by atoms with Crippen LogP contribution in [0.5, 0.6) is 0 Å². The van der Waals surface area contributed by atoms with Gasteiger partial charge in [-0.3, -0.25) is 4.99 Å². The lowest BCUT2D eigenvalue weighted by molar-refractivity contribution is 0.587. The molecule has 0 spiro atoms. The second-order valence-corrected chi connectivity index (χ2v) is 9.18. The van der Waals surface area contributed by atoms with Gasteiger partial charge < -0.3 is 0 Å². The first-order valence-corrected chi connectivity index (χ1v) is 9.93. The van der Waals surface area contributed by atoms with Crippen LogP contribution in [0.25, 0.3) is 0 Å². The molecule has 0 radical (unpaired) electrons. The van der Waals surface area contributed by atoms with Crippen molar-refractivity contribution in [3.8, 4) is 0 Å². The Morgan fingerprint density at radius 3 is 1.68 bits per heavy atom. The summed E-state index contributed by atoms with van der Waals surface area (Å²) in [5.41, 5.74) is 1.13. The largest absolute Gasteiger partial charge is 0.287 e. The van der Waals surface area contributed by atoms with Crippen LogP contribution in [0.3, 0.4) is 0 Å². The highest BCUT2D eigenvalue weighted by Crippen LogP contribution is 2.33. The Morgan fingerprint density at radius 1 is 0.680 bits per heavy atom. The highest BCUT2D eigenvalue weighted by Gasteiger charge is 2.18. The molecule has 0 aromatic heterocycles. The van der Waals surface area contributed by atoms with Gasteiger partial charge in [-0.15, -0.1) is 0 Å². The van der Waals surface area contributed by atoms with Gasteiger partial charge in [0.05, 0.1) is 5.54 Å². The quantitative estimate of drug-likeness (QED) is 0.482. The normalized spacial score (nSPS) is 12.0. The average Bonchev–Trinajstić information content (AvgIpc) is 2.62. The van der Waals surface area contributed by atoms with Crippen LogP contribution in [0.2, 0.25) is 0 Å². The third kappa shape index (κ3) is 4.65. The van der Waals surface area contributed by atoms with Gasteiger partial charge in [0, 0.05) is 11.8 Å². The minimum atomic E-state index is -0.605. The fourth-order valence-electron chi connectivity index (χ4n) is 2.64. The van der Waals surface area contributed by atoms with E-state index in [1.165, 1.54) is 21.5 Å². The molecular weight excluding hydrogens is 321 g/mol. The summed E-state index contributed by atoms with van der Waals surface area (Å²) in [6.07, 6.45) is 2.04. The Morgan fingerprint density at radius 2 is 1.16 bits per heavy atom. The zero-order valence-corrected chi connectivity index (χ0v) is 15.9. The van der Waals surface area contributed by atoms with E-state index in [9.17, 15) is 0 Å². The molecule has 0 aliphatic rings. The van der Waals surface area contributed by atoms with Crippen LogP contribution in [0.15, 0.2) is 89.9 Å². The Kier molecular flexibility index (Phi) is 5.46. The van der Waals surface area contributed by atoms with E-state index in [0.29, 0.717) is 0 Å². The van der Waals surface area contributed by atoms with Crippen LogP contribution in [0.4, 0.5) is 0 Å². The molecule has 0 aliphatic carbocycles. The molecule has 0 amide bonds. The van der Waals surface area contributed by atoms with Gasteiger partial charge in [-0.2, -0.15) is 0 Å². The molecule has 3 aromatic rings. The summed E-state index contributed by atoms with van der Waals surface area (Å²) >= 11 is 0. The Hall–Kier alpha value is -2.24. The Bertz CT molecular complexity index is 793. The Balaban J connectivity index is 2.14. The molecule has 0 bridgehead atoms. The number of hydrogen-bond acceptors (Lipinski definition) is 1. The maximum Gasteiger partial charge on any atom is 0.0524 e. The Labute approximate surface area is 152 Å². The van der Waals surface area contributed by atoms with Gasteiger partial charge in [0.1, 0.15) is 0 Å². The van der Waals surface area contributed by atoms with Crippen molar-refractivity contribution in [2.24, 2.45) is 4.99 Å². The van der Waals surface area contributed by atoms with E-state index < -0.39 is 7.92 Å². The van der Waals surface area contributed by atoms with Crippen LogP contribution < -0.4 is 15.9 Å². The molecule has 0 unspecified atom stereocenters. The first-order valence-electron chi connectivity index (χ1n) is 8.59. The SMILES string of the molecule is CC(C)(C)N=Cc1ccccc1P(c1ccccc1)c1ccccc1. The van der Waals surface area contributed by atoms with Crippen LogP contribution in [0.1, 0.15) is 26.3 Å². The summed E-state index contributed by atoms with van der Waals surface area (Å²) in [6.45, 7) is 6.38. The van der Waals surface area contributed by atoms with Crippen molar-refractivity contribution >= 4 is 30.0 Å². The van der Waals surface area contributed by atoms with Crippen molar-refractivity contribution in [3.05, 3.63) is 90.5 Å². The van der Waals surface area contributed by atoms with Gasteiger partial charge in [-0.25, -0.2) is 0 Å². The smallest absolute Gasteiger partial charge is 0.0524 e. The predicted octanol–water partition coefficient (Wildman–Crippen LogP) is 4.66. The summed E-state index contributed by atoms with van der Waals surface area (Å²) < 4.78 is 0. The third-order valence-corrected chi connectivity index (χ3v) is 6.32. The van der Waals surface area contributed by atoms with E-state index in [1.54, 1.807) is 0 Å². The third-order valence-electron chi connectivity index (χ3n) is 3.80. The van der Waals surface area contributed by atoms with Crippen molar-refractivity contribution < 1.29 is 0 Å². The van der Waals surface area contributed by atoms with E-state index in [4.69, 9.17) is 4.99 Å². The number of rotatable bonds is 4.